The highest BCUT2D eigenvalue weighted by Crippen LogP contribution is 2.33. The van der Waals surface area contributed by atoms with E-state index in [-0.39, 0.29) is 10.6 Å². The third-order valence-corrected chi connectivity index (χ3v) is 2.01. The third kappa shape index (κ3) is 3.44. The van der Waals surface area contributed by atoms with Crippen LogP contribution in [-0.2, 0) is 6.18 Å². The van der Waals surface area contributed by atoms with E-state index in [2.05, 4.69) is 11.8 Å². The Hall–Kier alpha value is -1.18. The summed E-state index contributed by atoms with van der Waals surface area (Å²) in [6.45, 7) is 0.321. The van der Waals surface area contributed by atoms with Crippen LogP contribution in [0.3, 0.4) is 0 Å². The lowest BCUT2D eigenvalue weighted by Gasteiger charge is -2.09. The van der Waals surface area contributed by atoms with Crippen LogP contribution in [0.25, 0.3) is 0 Å². The molecule has 0 unspecified atom stereocenters. The van der Waals surface area contributed by atoms with Crippen molar-refractivity contribution < 1.29 is 13.2 Å². The monoisotopic (exact) mass is 247 g/mol. The van der Waals surface area contributed by atoms with E-state index >= 15 is 0 Å². The van der Waals surface area contributed by atoms with Crippen molar-refractivity contribution >= 4 is 11.6 Å². The van der Waals surface area contributed by atoms with Crippen LogP contribution in [0.4, 0.5) is 13.2 Å². The zero-order valence-corrected chi connectivity index (χ0v) is 8.99. The smallest absolute Gasteiger partial charge is 0.330 e. The molecule has 0 bridgehead atoms. The normalized spacial score (nSPS) is 10.8. The summed E-state index contributed by atoms with van der Waals surface area (Å²) >= 11 is 5.52. The van der Waals surface area contributed by atoms with Crippen LogP contribution in [0.2, 0.25) is 5.02 Å². The van der Waals surface area contributed by atoms with Crippen molar-refractivity contribution in [3.8, 4) is 11.8 Å². The number of nitrogens with two attached hydrogens (primary N) is 1. The number of halogens is 4. The largest absolute Gasteiger partial charge is 0.417 e. The number of benzene rings is 1. The maximum atomic E-state index is 12.6. The van der Waals surface area contributed by atoms with E-state index in [9.17, 15) is 13.2 Å². The molecule has 1 rings (SSSR count). The van der Waals surface area contributed by atoms with Gasteiger partial charge in [0.1, 0.15) is 0 Å². The van der Waals surface area contributed by atoms with Gasteiger partial charge in [-0.25, -0.2) is 0 Å². The molecule has 0 saturated carbocycles. The van der Waals surface area contributed by atoms with Gasteiger partial charge in [0, 0.05) is 23.6 Å². The van der Waals surface area contributed by atoms with Gasteiger partial charge in [-0.2, -0.15) is 13.2 Å². The first-order valence-electron chi connectivity index (χ1n) is 4.51. The van der Waals surface area contributed by atoms with Crippen LogP contribution < -0.4 is 5.73 Å². The van der Waals surface area contributed by atoms with Crippen LogP contribution >= 0.6 is 11.6 Å². The van der Waals surface area contributed by atoms with E-state index in [1.165, 1.54) is 12.1 Å². The first-order valence-corrected chi connectivity index (χ1v) is 4.88. The summed E-state index contributed by atoms with van der Waals surface area (Å²) in [6, 6.07) is 3.51. The number of rotatable bonds is 1. The van der Waals surface area contributed by atoms with Gasteiger partial charge in [-0.05, 0) is 18.2 Å². The second kappa shape index (κ2) is 5.24. The van der Waals surface area contributed by atoms with Crippen molar-refractivity contribution in [2.24, 2.45) is 5.73 Å². The molecule has 0 saturated heterocycles. The van der Waals surface area contributed by atoms with Crippen molar-refractivity contribution in [2.45, 2.75) is 12.6 Å². The van der Waals surface area contributed by atoms with Crippen molar-refractivity contribution in [1.82, 2.24) is 0 Å². The summed E-state index contributed by atoms with van der Waals surface area (Å²) in [5, 5.41) is 0.0386. The Morgan fingerprint density at radius 3 is 2.56 bits per heavy atom. The predicted octanol–water partition coefficient (Wildman–Crippen LogP) is 3.06. The summed E-state index contributed by atoms with van der Waals surface area (Å²) in [6.07, 6.45) is -4.09. The van der Waals surface area contributed by atoms with Crippen LogP contribution in [0.1, 0.15) is 17.5 Å². The summed E-state index contributed by atoms with van der Waals surface area (Å²) in [5.41, 5.74) is 4.30. The van der Waals surface area contributed by atoms with E-state index in [0.717, 1.165) is 6.07 Å². The molecule has 0 fully saturated rings. The average Bonchev–Trinajstić information content (AvgIpc) is 2.19. The Kier molecular flexibility index (Phi) is 4.22. The number of hydrogen-bond donors (Lipinski definition) is 1. The molecule has 0 atom stereocenters. The van der Waals surface area contributed by atoms with Gasteiger partial charge in [0.25, 0.3) is 0 Å². The fourth-order valence-corrected chi connectivity index (χ4v) is 1.26. The molecule has 0 aromatic heterocycles. The topological polar surface area (TPSA) is 26.0 Å². The maximum Gasteiger partial charge on any atom is 0.417 e. The standard InChI is InChI=1S/C11H9ClF3N/c12-9-5-4-8(3-1-2-6-16)10(7-9)11(13,14)15/h4-5,7H,2,6,16H2. The zero-order chi connectivity index (χ0) is 12.2. The fourth-order valence-electron chi connectivity index (χ4n) is 1.09. The Morgan fingerprint density at radius 1 is 1.31 bits per heavy atom. The van der Waals surface area contributed by atoms with E-state index in [4.69, 9.17) is 17.3 Å². The van der Waals surface area contributed by atoms with E-state index in [0.29, 0.717) is 13.0 Å². The van der Waals surface area contributed by atoms with Gasteiger partial charge in [-0.1, -0.05) is 23.4 Å². The molecule has 0 spiro atoms. The Morgan fingerprint density at radius 2 is 2.00 bits per heavy atom. The molecule has 0 amide bonds. The van der Waals surface area contributed by atoms with Gasteiger partial charge in [-0.3, -0.25) is 0 Å². The second-order valence-electron chi connectivity index (χ2n) is 3.03. The van der Waals surface area contributed by atoms with Crippen LogP contribution in [-0.4, -0.2) is 6.54 Å². The highest BCUT2D eigenvalue weighted by atomic mass is 35.5. The molecular formula is C11H9ClF3N. The Labute approximate surface area is 96.4 Å². The number of hydrogen-bond acceptors (Lipinski definition) is 1. The first-order chi connectivity index (χ1) is 7.45. The minimum atomic E-state index is -4.45. The van der Waals surface area contributed by atoms with Crippen molar-refractivity contribution in [3.05, 3.63) is 34.3 Å². The molecule has 0 aliphatic rings. The maximum absolute atomic E-state index is 12.6. The van der Waals surface area contributed by atoms with Crippen LogP contribution in [0, 0.1) is 11.8 Å². The highest BCUT2D eigenvalue weighted by Gasteiger charge is 2.33. The molecule has 0 heterocycles. The summed E-state index contributed by atoms with van der Waals surface area (Å²) in [5.74, 6) is 5.00. The summed E-state index contributed by atoms with van der Waals surface area (Å²) in [4.78, 5) is 0. The molecule has 5 heteroatoms. The van der Waals surface area contributed by atoms with E-state index in [1.807, 2.05) is 0 Å². The van der Waals surface area contributed by atoms with Gasteiger partial charge in [0.15, 0.2) is 0 Å². The molecular weight excluding hydrogens is 239 g/mol. The molecule has 1 aromatic carbocycles. The fraction of sp³-hybridized carbons (Fsp3) is 0.273. The van der Waals surface area contributed by atoms with Crippen molar-refractivity contribution in [3.63, 3.8) is 0 Å². The van der Waals surface area contributed by atoms with Crippen LogP contribution in [0.5, 0.6) is 0 Å². The minimum Gasteiger partial charge on any atom is -0.330 e. The molecule has 16 heavy (non-hydrogen) atoms. The van der Waals surface area contributed by atoms with Crippen molar-refractivity contribution in [1.29, 1.82) is 0 Å². The van der Waals surface area contributed by atoms with Crippen molar-refractivity contribution in [2.75, 3.05) is 6.54 Å². The second-order valence-corrected chi connectivity index (χ2v) is 3.46. The predicted molar refractivity (Wildman–Crippen MR) is 57.0 cm³/mol. The molecule has 0 radical (unpaired) electrons. The molecule has 1 nitrogen and oxygen atoms in total. The van der Waals surface area contributed by atoms with Gasteiger partial charge in [-0.15, -0.1) is 0 Å². The van der Waals surface area contributed by atoms with Gasteiger partial charge >= 0.3 is 6.18 Å². The Bertz CT molecular complexity index is 429. The SMILES string of the molecule is NCCC#Cc1ccc(Cl)cc1C(F)(F)F. The molecule has 0 aliphatic heterocycles. The minimum absolute atomic E-state index is 0.0386. The third-order valence-electron chi connectivity index (χ3n) is 1.78. The summed E-state index contributed by atoms with van der Waals surface area (Å²) in [7, 11) is 0. The molecule has 86 valence electrons. The lowest BCUT2D eigenvalue weighted by molar-refractivity contribution is -0.137. The zero-order valence-electron chi connectivity index (χ0n) is 8.24. The summed E-state index contributed by atoms with van der Waals surface area (Å²) < 4.78 is 37.8. The number of alkyl halides is 3. The highest BCUT2D eigenvalue weighted by molar-refractivity contribution is 6.30. The van der Waals surface area contributed by atoms with Gasteiger partial charge < -0.3 is 5.73 Å². The van der Waals surface area contributed by atoms with Gasteiger partial charge in [0.05, 0.1) is 5.56 Å². The van der Waals surface area contributed by atoms with Crippen LogP contribution in [0.15, 0.2) is 18.2 Å². The molecule has 0 aliphatic carbocycles. The van der Waals surface area contributed by atoms with E-state index in [1.54, 1.807) is 0 Å². The lowest BCUT2D eigenvalue weighted by Crippen LogP contribution is -2.07. The average molecular weight is 248 g/mol. The molecule has 2 N–H and O–H groups in total. The first kappa shape index (κ1) is 12.9. The Balaban J connectivity index is 3.15. The quantitative estimate of drug-likeness (QED) is 0.759. The van der Waals surface area contributed by atoms with Gasteiger partial charge in [0.2, 0.25) is 0 Å². The lowest BCUT2D eigenvalue weighted by atomic mass is 10.1. The molecule has 1 aromatic rings. The van der Waals surface area contributed by atoms with E-state index < -0.39 is 11.7 Å².